The van der Waals surface area contributed by atoms with Crippen LogP contribution in [0.2, 0.25) is 0 Å². The number of ether oxygens (including phenoxy) is 2. The molecule has 4 heteroatoms. The van der Waals surface area contributed by atoms with Crippen molar-refractivity contribution >= 4 is 5.97 Å². The van der Waals surface area contributed by atoms with Crippen LogP contribution in [0, 0.1) is 5.41 Å². The van der Waals surface area contributed by atoms with Crippen molar-refractivity contribution in [3.05, 3.63) is 24.5 Å². The van der Waals surface area contributed by atoms with Crippen molar-refractivity contribution < 1.29 is 14.3 Å². The van der Waals surface area contributed by atoms with E-state index < -0.39 is 12.1 Å². The summed E-state index contributed by atoms with van der Waals surface area (Å²) in [4.78, 5) is 15.7. The molecule has 1 unspecified atom stereocenters. The Hall–Kier alpha value is -1.42. The van der Waals surface area contributed by atoms with Gasteiger partial charge in [-0.1, -0.05) is 20.8 Å². The molecular formula is C12H17NO3. The van der Waals surface area contributed by atoms with Crippen molar-refractivity contribution in [1.29, 1.82) is 0 Å². The first-order valence-corrected chi connectivity index (χ1v) is 5.09. The monoisotopic (exact) mass is 223 g/mol. The first-order valence-electron chi connectivity index (χ1n) is 5.09. The van der Waals surface area contributed by atoms with E-state index in [1.807, 2.05) is 20.8 Å². The Balaban J connectivity index is 2.71. The summed E-state index contributed by atoms with van der Waals surface area (Å²) in [7, 11) is 1.50. The normalized spacial score (nSPS) is 13.2. The minimum atomic E-state index is -0.590. The zero-order valence-corrected chi connectivity index (χ0v) is 10.1. The number of carbonyl (C=O) groups is 1. The molecular weight excluding hydrogens is 206 g/mol. The molecule has 0 aliphatic rings. The Morgan fingerprint density at radius 3 is 2.56 bits per heavy atom. The van der Waals surface area contributed by atoms with Crippen LogP contribution in [0.1, 0.15) is 20.8 Å². The molecule has 0 aliphatic carbocycles. The van der Waals surface area contributed by atoms with Gasteiger partial charge in [-0.2, -0.15) is 0 Å². The van der Waals surface area contributed by atoms with Gasteiger partial charge in [0.25, 0.3) is 0 Å². The maximum absolute atomic E-state index is 11.8. The third kappa shape index (κ3) is 3.31. The first-order chi connectivity index (χ1) is 7.45. The van der Waals surface area contributed by atoms with Gasteiger partial charge in [0.05, 0.1) is 6.20 Å². The first kappa shape index (κ1) is 12.6. The smallest absolute Gasteiger partial charge is 0.341 e. The van der Waals surface area contributed by atoms with Crippen LogP contribution in [0.5, 0.6) is 5.75 Å². The summed E-state index contributed by atoms with van der Waals surface area (Å²) in [6.07, 6.45) is 2.52. The van der Waals surface area contributed by atoms with Crippen molar-refractivity contribution in [3.63, 3.8) is 0 Å². The highest BCUT2D eigenvalue weighted by molar-refractivity contribution is 5.78. The lowest BCUT2D eigenvalue weighted by atomic mass is 9.89. The van der Waals surface area contributed by atoms with Gasteiger partial charge in [-0.15, -0.1) is 0 Å². The average molecular weight is 223 g/mol. The van der Waals surface area contributed by atoms with E-state index >= 15 is 0 Å². The molecule has 4 nitrogen and oxygen atoms in total. The van der Waals surface area contributed by atoms with Crippen LogP contribution in [-0.2, 0) is 9.53 Å². The Morgan fingerprint density at radius 2 is 2.12 bits per heavy atom. The van der Waals surface area contributed by atoms with Crippen LogP contribution in [0.15, 0.2) is 24.5 Å². The zero-order chi connectivity index (χ0) is 12.2. The van der Waals surface area contributed by atoms with Gasteiger partial charge >= 0.3 is 5.97 Å². The fraction of sp³-hybridized carbons (Fsp3) is 0.500. The third-order valence-electron chi connectivity index (χ3n) is 2.09. The number of aromatic nitrogens is 1. The van der Waals surface area contributed by atoms with Gasteiger partial charge in [0.1, 0.15) is 5.75 Å². The van der Waals surface area contributed by atoms with Gasteiger partial charge in [-0.25, -0.2) is 4.79 Å². The quantitative estimate of drug-likeness (QED) is 0.736. The second-order valence-electron chi connectivity index (χ2n) is 4.59. The second kappa shape index (κ2) is 5.07. The molecule has 0 aromatic carbocycles. The lowest BCUT2D eigenvalue weighted by molar-refractivity contribution is -0.152. The lowest BCUT2D eigenvalue weighted by Gasteiger charge is -2.26. The highest BCUT2D eigenvalue weighted by atomic mass is 16.6. The summed E-state index contributed by atoms with van der Waals surface area (Å²) in [5.74, 6) is 0.0294. The maximum Gasteiger partial charge on any atom is 0.341 e. The molecule has 0 amide bonds. The topological polar surface area (TPSA) is 48.4 Å². The average Bonchev–Trinajstić information content (AvgIpc) is 2.17. The van der Waals surface area contributed by atoms with E-state index in [0.717, 1.165) is 0 Å². The van der Waals surface area contributed by atoms with E-state index in [4.69, 9.17) is 9.47 Å². The van der Waals surface area contributed by atoms with Gasteiger partial charge in [0, 0.05) is 13.3 Å². The van der Waals surface area contributed by atoms with Crippen LogP contribution < -0.4 is 4.74 Å². The van der Waals surface area contributed by atoms with Crippen molar-refractivity contribution in [3.8, 4) is 5.75 Å². The van der Waals surface area contributed by atoms with E-state index in [1.165, 1.54) is 13.3 Å². The van der Waals surface area contributed by atoms with Gasteiger partial charge in [-0.3, -0.25) is 4.98 Å². The Labute approximate surface area is 95.6 Å². The molecule has 1 aromatic heterocycles. The fourth-order valence-electron chi connectivity index (χ4n) is 1.38. The minimum absolute atomic E-state index is 0.298. The zero-order valence-electron chi connectivity index (χ0n) is 10.1. The Kier molecular flexibility index (Phi) is 4.01. The molecule has 16 heavy (non-hydrogen) atoms. The van der Waals surface area contributed by atoms with Crippen molar-refractivity contribution in [2.45, 2.75) is 26.9 Å². The van der Waals surface area contributed by atoms with Crippen LogP contribution >= 0.6 is 0 Å². The standard InChI is InChI=1S/C12H17NO3/c1-12(2,3)10(15-4)11(14)16-9-6-5-7-13-8-9/h5-8,10H,1-4H3. The molecule has 0 N–H and O–H groups in total. The number of methoxy groups -OCH3 is 1. The number of pyridine rings is 1. The van der Waals surface area contributed by atoms with Crippen LogP contribution in [0.3, 0.4) is 0 Å². The van der Waals surface area contributed by atoms with Crippen LogP contribution in [0.25, 0.3) is 0 Å². The summed E-state index contributed by atoms with van der Waals surface area (Å²) in [6, 6.07) is 3.39. The molecule has 0 bridgehead atoms. The van der Waals surface area contributed by atoms with Gasteiger partial charge in [-0.05, 0) is 17.5 Å². The molecule has 0 saturated heterocycles. The summed E-state index contributed by atoms with van der Waals surface area (Å²) >= 11 is 0. The number of nitrogens with zero attached hydrogens (tertiary/aromatic N) is 1. The minimum Gasteiger partial charge on any atom is -0.423 e. The molecule has 0 spiro atoms. The summed E-state index contributed by atoms with van der Waals surface area (Å²) < 4.78 is 10.3. The number of rotatable bonds is 3. The van der Waals surface area contributed by atoms with Crippen molar-refractivity contribution in [2.75, 3.05) is 7.11 Å². The molecule has 0 saturated carbocycles. The molecule has 88 valence electrons. The van der Waals surface area contributed by atoms with E-state index in [1.54, 1.807) is 18.3 Å². The van der Waals surface area contributed by atoms with Gasteiger partial charge < -0.3 is 9.47 Å². The van der Waals surface area contributed by atoms with E-state index in [9.17, 15) is 4.79 Å². The highest BCUT2D eigenvalue weighted by Crippen LogP contribution is 2.23. The van der Waals surface area contributed by atoms with Gasteiger partial charge in [0.15, 0.2) is 6.10 Å². The largest absolute Gasteiger partial charge is 0.423 e. The Morgan fingerprint density at radius 1 is 1.44 bits per heavy atom. The molecule has 1 rings (SSSR count). The highest BCUT2D eigenvalue weighted by Gasteiger charge is 2.33. The lowest BCUT2D eigenvalue weighted by Crippen LogP contribution is -2.39. The SMILES string of the molecule is COC(C(=O)Oc1cccnc1)C(C)(C)C. The summed E-state index contributed by atoms with van der Waals surface area (Å²) in [5.41, 5.74) is -0.298. The Bertz CT molecular complexity index is 343. The summed E-state index contributed by atoms with van der Waals surface area (Å²) in [5, 5.41) is 0. The molecule has 0 fully saturated rings. The van der Waals surface area contributed by atoms with E-state index in [0.29, 0.717) is 5.75 Å². The van der Waals surface area contributed by atoms with E-state index in [2.05, 4.69) is 4.98 Å². The maximum atomic E-state index is 11.8. The van der Waals surface area contributed by atoms with Gasteiger partial charge in [0.2, 0.25) is 0 Å². The van der Waals surface area contributed by atoms with Crippen LogP contribution in [0.4, 0.5) is 0 Å². The predicted molar refractivity (Wildman–Crippen MR) is 60.1 cm³/mol. The van der Waals surface area contributed by atoms with Crippen molar-refractivity contribution in [2.24, 2.45) is 5.41 Å². The number of hydrogen-bond donors (Lipinski definition) is 0. The second-order valence-corrected chi connectivity index (χ2v) is 4.59. The molecule has 1 aromatic rings. The number of esters is 1. The number of carbonyl (C=O) groups excluding carboxylic acids is 1. The predicted octanol–water partition coefficient (Wildman–Crippen LogP) is 2.05. The molecule has 1 heterocycles. The van der Waals surface area contributed by atoms with Crippen molar-refractivity contribution in [1.82, 2.24) is 4.98 Å². The third-order valence-corrected chi connectivity index (χ3v) is 2.09. The van der Waals surface area contributed by atoms with E-state index in [-0.39, 0.29) is 5.41 Å². The molecule has 1 atom stereocenters. The number of hydrogen-bond acceptors (Lipinski definition) is 4. The molecule has 0 radical (unpaired) electrons. The van der Waals surface area contributed by atoms with Crippen LogP contribution in [-0.4, -0.2) is 24.2 Å². The fourth-order valence-corrected chi connectivity index (χ4v) is 1.38. The molecule has 0 aliphatic heterocycles. The summed E-state index contributed by atoms with van der Waals surface area (Å²) in [6.45, 7) is 5.77.